The van der Waals surface area contributed by atoms with Gasteiger partial charge in [0.25, 0.3) is 5.56 Å². The van der Waals surface area contributed by atoms with Gasteiger partial charge in [-0.05, 0) is 55.9 Å². The molecule has 1 aliphatic carbocycles. The summed E-state index contributed by atoms with van der Waals surface area (Å²) in [6, 6.07) is 6.85. The van der Waals surface area contributed by atoms with Crippen LogP contribution >= 0.6 is 0 Å². The lowest BCUT2D eigenvalue weighted by molar-refractivity contribution is -0.137. The minimum atomic E-state index is -0.397. The van der Waals surface area contributed by atoms with Gasteiger partial charge in [-0.2, -0.15) is 0 Å². The second-order valence-electron chi connectivity index (χ2n) is 9.34. The number of nitrogens with zero attached hydrogens (tertiary/aromatic N) is 5. The molecule has 1 aromatic carbocycles. The summed E-state index contributed by atoms with van der Waals surface area (Å²) in [5.74, 6) is 1.68. The Balaban J connectivity index is 1.18. The molecule has 0 bridgehead atoms. The fourth-order valence-corrected chi connectivity index (χ4v) is 5.21. The lowest BCUT2D eigenvalue weighted by Crippen LogP contribution is -2.51. The number of aromatic nitrogens is 4. The third-order valence-corrected chi connectivity index (χ3v) is 7.25. The molecule has 1 N–H and O–H groups in total. The molecule has 1 saturated carbocycles. The van der Waals surface area contributed by atoms with Gasteiger partial charge in [0.15, 0.2) is 0 Å². The molecular formula is C25H30N6O4. The number of piperazine rings is 1. The number of fused-ring (bicyclic) bond motifs is 1. The second-order valence-corrected chi connectivity index (χ2v) is 9.34. The number of hydrogen-bond donors (Lipinski definition) is 1. The molecule has 2 fully saturated rings. The zero-order chi connectivity index (χ0) is 24.4. The normalized spacial score (nSPS) is 20.7. The Hall–Kier alpha value is -3.69. The molecule has 3 heterocycles. The maximum Gasteiger partial charge on any atom is 0.328 e. The molecule has 10 nitrogen and oxygen atoms in total. The van der Waals surface area contributed by atoms with E-state index < -0.39 is 5.69 Å². The zero-order valence-corrected chi connectivity index (χ0v) is 19.9. The van der Waals surface area contributed by atoms with Crippen LogP contribution in [0.4, 0.5) is 5.95 Å². The third-order valence-electron chi connectivity index (χ3n) is 7.25. The molecule has 0 spiro atoms. The predicted molar refractivity (Wildman–Crippen MR) is 132 cm³/mol. The number of carbonyl (C=O) groups excluding carboxylic acids is 1. The summed E-state index contributed by atoms with van der Waals surface area (Å²) in [5.41, 5.74) is -0.197. The van der Waals surface area contributed by atoms with Crippen LogP contribution in [-0.4, -0.2) is 63.6 Å². The fraction of sp³-hybridized carbons (Fsp3) is 0.480. The van der Waals surface area contributed by atoms with Gasteiger partial charge in [-0.25, -0.2) is 14.8 Å². The monoisotopic (exact) mass is 478 g/mol. The maximum atomic E-state index is 13.1. The van der Waals surface area contributed by atoms with Crippen LogP contribution in [0.15, 0.2) is 46.2 Å². The first-order valence-electron chi connectivity index (χ1n) is 12.1. The number of hydrogen-bond acceptors (Lipinski definition) is 7. The van der Waals surface area contributed by atoms with Crippen LogP contribution < -0.4 is 20.9 Å². The summed E-state index contributed by atoms with van der Waals surface area (Å²) in [4.78, 5) is 54.2. The van der Waals surface area contributed by atoms with Gasteiger partial charge in [0.1, 0.15) is 5.75 Å². The van der Waals surface area contributed by atoms with E-state index in [1.807, 2.05) is 4.90 Å². The molecule has 2 aromatic heterocycles. The van der Waals surface area contributed by atoms with Crippen molar-refractivity contribution in [3.63, 3.8) is 0 Å². The molecule has 184 valence electrons. The molecule has 10 heteroatoms. The number of nitrogens with one attached hydrogen (secondary N) is 1. The van der Waals surface area contributed by atoms with Crippen molar-refractivity contribution < 1.29 is 9.53 Å². The minimum Gasteiger partial charge on any atom is -0.497 e. The van der Waals surface area contributed by atoms with Gasteiger partial charge >= 0.3 is 5.69 Å². The quantitative estimate of drug-likeness (QED) is 0.593. The summed E-state index contributed by atoms with van der Waals surface area (Å²) in [6.45, 7) is 3.15. The highest BCUT2D eigenvalue weighted by molar-refractivity contribution is 5.79. The Kier molecular flexibility index (Phi) is 6.52. The van der Waals surface area contributed by atoms with Crippen molar-refractivity contribution in [3.8, 4) is 5.75 Å². The first-order chi connectivity index (χ1) is 17.0. The number of amides is 1. The van der Waals surface area contributed by atoms with Gasteiger partial charge < -0.3 is 19.5 Å². The molecule has 1 amide bonds. The lowest BCUT2D eigenvalue weighted by Gasteiger charge is -2.37. The van der Waals surface area contributed by atoms with E-state index in [4.69, 9.17) is 4.74 Å². The fourth-order valence-electron chi connectivity index (χ4n) is 5.21. The van der Waals surface area contributed by atoms with Crippen molar-refractivity contribution in [2.24, 2.45) is 11.8 Å². The van der Waals surface area contributed by atoms with Crippen LogP contribution in [0.5, 0.6) is 5.75 Å². The molecule has 2 aliphatic rings. The van der Waals surface area contributed by atoms with Gasteiger partial charge in [0.05, 0.1) is 18.0 Å². The summed E-state index contributed by atoms with van der Waals surface area (Å²) in [7, 11) is 1.54. The van der Waals surface area contributed by atoms with E-state index in [0.717, 1.165) is 38.8 Å². The van der Waals surface area contributed by atoms with Gasteiger partial charge in [-0.3, -0.25) is 14.2 Å². The SMILES string of the molecule is COc1ccc2[nH]c(=O)n(C[C@H]3CC[C@H](C(=O)N4CCN(c5ncccn5)CC4)CC3)c(=O)c2c1. The van der Waals surface area contributed by atoms with E-state index in [-0.39, 0.29) is 23.3 Å². The first-order valence-corrected chi connectivity index (χ1v) is 12.1. The average Bonchev–Trinajstić information content (AvgIpc) is 2.91. The van der Waals surface area contributed by atoms with Crippen molar-refractivity contribution >= 4 is 22.8 Å². The number of H-pyrrole nitrogens is 1. The van der Waals surface area contributed by atoms with Crippen molar-refractivity contribution in [1.82, 2.24) is 24.4 Å². The Bertz CT molecular complexity index is 1310. The maximum absolute atomic E-state index is 13.1. The van der Waals surface area contributed by atoms with Gasteiger partial charge in [-0.15, -0.1) is 0 Å². The summed E-state index contributed by atoms with van der Waals surface area (Å²) < 4.78 is 6.52. The Morgan fingerprint density at radius 3 is 2.46 bits per heavy atom. The smallest absolute Gasteiger partial charge is 0.328 e. The third kappa shape index (κ3) is 4.78. The number of ether oxygens (including phenoxy) is 1. The van der Waals surface area contributed by atoms with Crippen molar-refractivity contribution in [3.05, 3.63) is 57.5 Å². The van der Waals surface area contributed by atoms with E-state index in [2.05, 4.69) is 19.9 Å². The van der Waals surface area contributed by atoms with Crippen molar-refractivity contribution in [2.45, 2.75) is 32.2 Å². The van der Waals surface area contributed by atoms with Crippen LogP contribution in [-0.2, 0) is 11.3 Å². The Morgan fingerprint density at radius 2 is 1.77 bits per heavy atom. The van der Waals surface area contributed by atoms with E-state index >= 15 is 0 Å². The second kappa shape index (κ2) is 9.89. The molecule has 3 aromatic rings. The predicted octanol–water partition coefficient (Wildman–Crippen LogP) is 1.64. The van der Waals surface area contributed by atoms with E-state index in [9.17, 15) is 14.4 Å². The number of aromatic amines is 1. The zero-order valence-electron chi connectivity index (χ0n) is 19.9. The Morgan fingerprint density at radius 1 is 1.06 bits per heavy atom. The van der Waals surface area contributed by atoms with Crippen molar-refractivity contribution in [1.29, 1.82) is 0 Å². The highest BCUT2D eigenvalue weighted by Crippen LogP contribution is 2.31. The molecule has 5 rings (SSSR count). The number of anilines is 1. The van der Waals surface area contributed by atoms with E-state index in [1.165, 1.54) is 4.57 Å². The van der Waals surface area contributed by atoms with Gasteiger partial charge in [-0.1, -0.05) is 0 Å². The number of carbonyl (C=O) groups is 1. The molecule has 1 saturated heterocycles. The average molecular weight is 479 g/mol. The number of methoxy groups -OCH3 is 1. The molecule has 1 aliphatic heterocycles. The van der Waals surface area contributed by atoms with Crippen LogP contribution in [0, 0.1) is 11.8 Å². The molecule has 0 unspecified atom stereocenters. The van der Waals surface area contributed by atoms with Crippen LogP contribution in [0.1, 0.15) is 25.7 Å². The lowest BCUT2D eigenvalue weighted by atomic mass is 9.81. The van der Waals surface area contributed by atoms with Crippen LogP contribution in [0.3, 0.4) is 0 Å². The topological polar surface area (TPSA) is 113 Å². The van der Waals surface area contributed by atoms with Crippen molar-refractivity contribution in [2.75, 3.05) is 38.2 Å². The van der Waals surface area contributed by atoms with E-state index in [0.29, 0.717) is 42.2 Å². The van der Waals surface area contributed by atoms with Gasteiger partial charge in [0, 0.05) is 51.0 Å². The van der Waals surface area contributed by atoms with Gasteiger partial charge in [0.2, 0.25) is 11.9 Å². The van der Waals surface area contributed by atoms with E-state index in [1.54, 1.807) is 43.8 Å². The molecular weight excluding hydrogens is 448 g/mol. The number of benzene rings is 1. The summed E-state index contributed by atoms with van der Waals surface area (Å²) in [6.07, 6.45) is 6.65. The summed E-state index contributed by atoms with van der Waals surface area (Å²) in [5, 5.41) is 0.438. The molecule has 0 atom stereocenters. The highest BCUT2D eigenvalue weighted by Gasteiger charge is 2.32. The number of rotatable bonds is 5. The first kappa shape index (κ1) is 23.1. The molecule has 0 radical (unpaired) electrons. The highest BCUT2D eigenvalue weighted by atomic mass is 16.5. The standard InChI is InChI=1S/C25H30N6O4/c1-35-19-7-8-21-20(15-19)23(33)31(25(34)28-21)16-17-3-5-18(6-4-17)22(32)29-11-13-30(14-12-29)24-26-9-2-10-27-24/h2,7-10,15,17-18H,3-6,11-14,16H2,1H3,(H,28,34)/t17-,18-. The summed E-state index contributed by atoms with van der Waals surface area (Å²) >= 11 is 0. The molecule has 35 heavy (non-hydrogen) atoms. The Labute approximate surface area is 202 Å². The van der Waals surface area contributed by atoms with Crippen LogP contribution in [0.2, 0.25) is 0 Å². The largest absolute Gasteiger partial charge is 0.497 e. The minimum absolute atomic E-state index is 0.00152. The van der Waals surface area contributed by atoms with Crippen LogP contribution in [0.25, 0.3) is 10.9 Å².